The summed E-state index contributed by atoms with van der Waals surface area (Å²) in [5.74, 6) is 0. The van der Waals surface area contributed by atoms with Crippen LogP contribution in [0.5, 0.6) is 0 Å². The second-order valence-corrected chi connectivity index (χ2v) is 9.66. The molecule has 0 spiro atoms. The van der Waals surface area contributed by atoms with Gasteiger partial charge in [-0.1, -0.05) is 43.6 Å². The highest BCUT2D eigenvalue weighted by Gasteiger charge is 2.55. The minimum atomic E-state index is 0.118. The number of hydrogen-bond acceptors (Lipinski definition) is 1. The molecule has 1 N–H and O–H groups in total. The molecule has 94 valence electrons. The van der Waals surface area contributed by atoms with Gasteiger partial charge in [-0.05, 0) is 48.3 Å². The molecule has 0 aromatic heterocycles. The summed E-state index contributed by atoms with van der Waals surface area (Å²) >= 11 is 4.00. The van der Waals surface area contributed by atoms with Gasteiger partial charge in [0.25, 0.3) is 0 Å². The average Bonchev–Trinajstić information content (AvgIpc) is 1.94. The highest BCUT2D eigenvalue weighted by molar-refractivity contribution is 9.10. The fraction of sp³-hybridized carbons (Fsp3) is 1.00. The number of halogens is 1. The van der Waals surface area contributed by atoms with Crippen LogP contribution in [0.25, 0.3) is 0 Å². The first kappa shape index (κ1) is 12.9. The van der Waals surface area contributed by atoms with Crippen molar-refractivity contribution >= 4 is 15.9 Å². The molecule has 1 nitrogen and oxygen atoms in total. The van der Waals surface area contributed by atoms with Crippen molar-refractivity contribution in [3.63, 3.8) is 0 Å². The minimum absolute atomic E-state index is 0.118. The summed E-state index contributed by atoms with van der Waals surface area (Å²) in [5, 5.41) is 9.64. The van der Waals surface area contributed by atoms with E-state index in [-0.39, 0.29) is 9.74 Å². The van der Waals surface area contributed by atoms with Gasteiger partial charge < -0.3 is 5.11 Å². The van der Waals surface area contributed by atoms with Gasteiger partial charge in [-0.15, -0.1) is 0 Å². The van der Waals surface area contributed by atoms with Crippen LogP contribution in [-0.4, -0.2) is 16.0 Å². The molecule has 2 aliphatic rings. The summed E-state index contributed by atoms with van der Waals surface area (Å²) in [4.78, 5) is 0. The molecule has 2 bridgehead atoms. The molecule has 2 heteroatoms. The standard InChI is InChI=1S/C14H25BrO/c1-11(2)5-12(3)7-13(4,10-16)9-14(15,6-11)8-12/h16H,5-10H2,1-4H3. The van der Waals surface area contributed by atoms with E-state index in [0.717, 1.165) is 6.42 Å². The lowest BCUT2D eigenvalue weighted by Gasteiger charge is -2.59. The van der Waals surface area contributed by atoms with Gasteiger partial charge in [0.1, 0.15) is 0 Å². The van der Waals surface area contributed by atoms with Gasteiger partial charge in [0.05, 0.1) is 0 Å². The van der Waals surface area contributed by atoms with Gasteiger partial charge in [0.15, 0.2) is 0 Å². The largest absolute Gasteiger partial charge is 0.396 e. The van der Waals surface area contributed by atoms with Crippen molar-refractivity contribution in [3.8, 4) is 0 Å². The number of alkyl halides is 1. The maximum absolute atomic E-state index is 9.64. The summed E-state index contributed by atoms with van der Waals surface area (Å²) in [6.45, 7) is 9.77. The zero-order valence-corrected chi connectivity index (χ0v) is 12.7. The molecule has 2 rings (SSSR count). The lowest BCUT2D eigenvalue weighted by atomic mass is 9.50. The van der Waals surface area contributed by atoms with E-state index in [9.17, 15) is 5.11 Å². The maximum Gasteiger partial charge on any atom is 0.0485 e. The highest BCUT2D eigenvalue weighted by atomic mass is 79.9. The van der Waals surface area contributed by atoms with Crippen molar-refractivity contribution in [2.45, 2.75) is 64.1 Å². The van der Waals surface area contributed by atoms with E-state index in [1.165, 1.54) is 25.7 Å². The van der Waals surface area contributed by atoms with E-state index < -0.39 is 0 Å². The fourth-order valence-electron chi connectivity index (χ4n) is 5.18. The molecule has 2 saturated carbocycles. The predicted molar refractivity (Wildman–Crippen MR) is 71.8 cm³/mol. The molecule has 3 unspecified atom stereocenters. The van der Waals surface area contributed by atoms with Crippen molar-refractivity contribution in [1.29, 1.82) is 0 Å². The Labute approximate surface area is 108 Å². The maximum atomic E-state index is 9.64. The summed E-state index contributed by atoms with van der Waals surface area (Å²) in [6.07, 6.45) is 6.11. The number of aliphatic hydroxyl groups is 1. The van der Waals surface area contributed by atoms with E-state index in [1.807, 2.05) is 0 Å². The molecule has 0 saturated heterocycles. The van der Waals surface area contributed by atoms with Gasteiger partial charge in [0, 0.05) is 10.9 Å². The van der Waals surface area contributed by atoms with E-state index in [2.05, 4.69) is 43.6 Å². The van der Waals surface area contributed by atoms with Crippen molar-refractivity contribution in [3.05, 3.63) is 0 Å². The molecule has 0 heterocycles. The van der Waals surface area contributed by atoms with Gasteiger partial charge in [-0.25, -0.2) is 0 Å². The Balaban J connectivity index is 2.32. The van der Waals surface area contributed by atoms with E-state index in [0.29, 0.717) is 17.4 Å². The third-order valence-electron chi connectivity index (χ3n) is 4.42. The van der Waals surface area contributed by atoms with Gasteiger partial charge in [-0.3, -0.25) is 0 Å². The Bertz CT molecular complexity index is 269. The van der Waals surface area contributed by atoms with Crippen molar-refractivity contribution in [2.75, 3.05) is 6.61 Å². The minimum Gasteiger partial charge on any atom is -0.396 e. The van der Waals surface area contributed by atoms with E-state index >= 15 is 0 Å². The Morgan fingerprint density at radius 3 is 2.06 bits per heavy atom. The summed E-state index contributed by atoms with van der Waals surface area (Å²) in [5.41, 5.74) is 0.960. The van der Waals surface area contributed by atoms with Crippen LogP contribution in [0.3, 0.4) is 0 Å². The van der Waals surface area contributed by atoms with Crippen LogP contribution in [-0.2, 0) is 0 Å². The SMILES string of the molecule is CC1(C)CC2(C)CC(C)(CO)CC(Br)(C1)C2. The number of hydrogen-bond donors (Lipinski definition) is 1. The van der Waals surface area contributed by atoms with Crippen molar-refractivity contribution in [1.82, 2.24) is 0 Å². The third-order valence-corrected chi connectivity index (χ3v) is 5.26. The summed E-state index contributed by atoms with van der Waals surface area (Å²) < 4.78 is 0.263. The lowest BCUT2D eigenvalue weighted by molar-refractivity contribution is -0.0503. The van der Waals surface area contributed by atoms with Crippen LogP contribution in [0.2, 0.25) is 0 Å². The summed E-state index contributed by atoms with van der Waals surface area (Å²) in [6, 6.07) is 0. The van der Waals surface area contributed by atoms with Crippen LogP contribution in [0.1, 0.15) is 59.8 Å². The molecule has 2 aliphatic carbocycles. The molecule has 0 amide bonds. The first-order valence-electron chi connectivity index (χ1n) is 6.39. The smallest absolute Gasteiger partial charge is 0.0485 e. The normalized spacial score (nSPS) is 51.4. The van der Waals surface area contributed by atoms with Crippen molar-refractivity contribution < 1.29 is 5.11 Å². The van der Waals surface area contributed by atoms with E-state index in [1.54, 1.807) is 0 Å². The molecule has 0 radical (unpaired) electrons. The molecular weight excluding hydrogens is 264 g/mol. The van der Waals surface area contributed by atoms with Crippen LogP contribution in [0, 0.1) is 16.2 Å². The fourth-order valence-corrected chi connectivity index (χ4v) is 7.30. The first-order valence-corrected chi connectivity index (χ1v) is 7.19. The monoisotopic (exact) mass is 288 g/mol. The Morgan fingerprint density at radius 1 is 0.938 bits per heavy atom. The van der Waals surface area contributed by atoms with Crippen LogP contribution in [0.4, 0.5) is 0 Å². The van der Waals surface area contributed by atoms with Crippen molar-refractivity contribution in [2.24, 2.45) is 16.2 Å². The topological polar surface area (TPSA) is 20.2 Å². The predicted octanol–water partition coefficient (Wildman–Crippen LogP) is 4.13. The zero-order chi connectivity index (χ0) is 12.2. The Kier molecular flexibility index (Phi) is 2.80. The highest BCUT2D eigenvalue weighted by Crippen LogP contribution is 2.64. The second-order valence-electron chi connectivity index (χ2n) is 7.98. The number of fused-ring (bicyclic) bond motifs is 2. The molecular formula is C14H25BrO. The second kappa shape index (κ2) is 3.47. The average molecular weight is 289 g/mol. The van der Waals surface area contributed by atoms with Crippen LogP contribution in [0.15, 0.2) is 0 Å². The number of aliphatic hydroxyl groups excluding tert-OH is 1. The van der Waals surface area contributed by atoms with Gasteiger partial charge >= 0.3 is 0 Å². The molecule has 16 heavy (non-hydrogen) atoms. The first-order chi connectivity index (χ1) is 7.10. The van der Waals surface area contributed by atoms with Gasteiger partial charge in [-0.2, -0.15) is 0 Å². The summed E-state index contributed by atoms with van der Waals surface area (Å²) in [7, 11) is 0. The van der Waals surface area contributed by atoms with Gasteiger partial charge in [0.2, 0.25) is 0 Å². The zero-order valence-electron chi connectivity index (χ0n) is 11.1. The molecule has 0 aromatic rings. The third kappa shape index (κ3) is 2.33. The lowest BCUT2D eigenvalue weighted by Crippen LogP contribution is -2.53. The quantitative estimate of drug-likeness (QED) is 0.720. The van der Waals surface area contributed by atoms with E-state index in [4.69, 9.17) is 0 Å². The molecule has 0 aromatic carbocycles. The molecule has 2 fully saturated rings. The Hall–Kier alpha value is 0.440. The Morgan fingerprint density at radius 2 is 1.56 bits per heavy atom. The van der Waals surface area contributed by atoms with Crippen LogP contribution < -0.4 is 0 Å². The van der Waals surface area contributed by atoms with Crippen LogP contribution >= 0.6 is 15.9 Å². The number of rotatable bonds is 1. The molecule has 0 aliphatic heterocycles. The molecule has 3 atom stereocenters.